The predicted molar refractivity (Wildman–Crippen MR) is 61.7 cm³/mol. The fourth-order valence-corrected chi connectivity index (χ4v) is 1.29. The topological polar surface area (TPSA) is 42.0 Å². The van der Waals surface area contributed by atoms with Crippen molar-refractivity contribution in [1.82, 2.24) is 4.98 Å². The monoisotopic (exact) mass is 206 g/mol. The maximum absolute atomic E-state index is 11.6. The van der Waals surface area contributed by atoms with E-state index in [1.54, 1.807) is 6.20 Å². The van der Waals surface area contributed by atoms with Crippen molar-refractivity contribution in [2.75, 3.05) is 5.32 Å². The van der Waals surface area contributed by atoms with Gasteiger partial charge in [0.2, 0.25) is 5.91 Å². The summed E-state index contributed by atoms with van der Waals surface area (Å²) >= 11 is 0. The summed E-state index contributed by atoms with van der Waals surface area (Å²) < 4.78 is 0. The van der Waals surface area contributed by atoms with Gasteiger partial charge >= 0.3 is 0 Å². The first-order valence-electron chi connectivity index (χ1n) is 5.10. The van der Waals surface area contributed by atoms with E-state index in [9.17, 15) is 4.79 Å². The SMILES string of the molecule is Cc1ncccc1NC(=O)CC(C)(C)C. The van der Waals surface area contributed by atoms with E-state index in [1.807, 2.05) is 39.8 Å². The van der Waals surface area contributed by atoms with E-state index in [0.29, 0.717) is 6.42 Å². The van der Waals surface area contributed by atoms with Crippen LogP contribution in [0.2, 0.25) is 0 Å². The molecule has 0 aliphatic rings. The molecule has 1 rings (SSSR count). The van der Waals surface area contributed by atoms with Crippen LogP contribution in [0.1, 0.15) is 32.9 Å². The smallest absolute Gasteiger partial charge is 0.224 e. The van der Waals surface area contributed by atoms with Crippen LogP contribution in [-0.2, 0) is 4.79 Å². The van der Waals surface area contributed by atoms with E-state index in [1.165, 1.54) is 0 Å². The lowest BCUT2D eigenvalue weighted by molar-refractivity contribution is -0.117. The van der Waals surface area contributed by atoms with Gasteiger partial charge < -0.3 is 5.32 Å². The Kier molecular flexibility index (Phi) is 3.45. The van der Waals surface area contributed by atoms with Crippen molar-refractivity contribution in [1.29, 1.82) is 0 Å². The van der Waals surface area contributed by atoms with Crippen LogP contribution in [0.15, 0.2) is 18.3 Å². The Morgan fingerprint density at radius 2 is 2.13 bits per heavy atom. The van der Waals surface area contributed by atoms with Crippen molar-refractivity contribution in [3.8, 4) is 0 Å². The Hall–Kier alpha value is -1.38. The summed E-state index contributed by atoms with van der Waals surface area (Å²) in [5.74, 6) is 0.0404. The summed E-state index contributed by atoms with van der Waals surface area (Å²) in [6.07, 6.45) is 2.23. The van der Waals surface area contributed by atoms with Crippen molar-refractivity contribution in [2.45, 2.75) is 34.1 Å². The van der Waals surface area contributed by atoms with E-state index in [2.05, 4.69) is 10.3 Å². The van der Waals surface area contributed by atoms with Gasteiger partial charge in [-0.3, -0.25) is 9.78 Å². The quantitative estimate of drug-likeness (QED) is 0.808. The van der Waals surface area contributed by atoms with Gasteiger partial charge in [0.05, 0.1) is 11.4 Å². The Labute approximate surface area is 90.9 Å². The number of pyridine rings is 1. The summed E-state index contributed by atoms with van der Waals surface area (Å²) in [4.78, 5) is 15.8. The molecule has 1 amide bonds. The minimum Gasteiger partial charge on any atom is -0.324 e. The summed E-state index contributed by atoms with van der Waals surface area (Å²) in [5.41, 5.74) is 1.66. The average Bonchev–Trinajstić information content (AvgIpc) is 2.05. The standard InChI is InChI=1S/C12H18N2O/c1-9-10(6-5-7-13-9)14-11(15)8-12(2,3)4/h5-7H,8H2,1-4H3,(H,14,15). The van der Waals surface area contributed by atoms with Gasteiger partial charge in [0, 0.05) is 12.6 Å². The maximum atomic E-state index is 11.6. The maximum Gasteiger partial charge on any atom is 0.224 e. The van der Waals surface area contributed by atoms with Crippen LogP contribution in [0.25, 0.3) is 0 Å². The summed E-state index contributed by atoms with van der Waals surface area (Å²) in [6.45, 7) is 8.01. The molecule has 0 aliphatic heterocycles. The molecule has 1 heterocycles. The zero-order valence-electron chi connectivity index (χ0n) is 9.79. The Morgan fingerprint density at radius 1 is 1.47 bits per heavy atom. The summed E-state index contributed by atoms with van der Waals surface area (Å²) in [5, 5.41) is 2.87. The molecule has 1 aromatic rings. The minimum atomic E-state index is 0.0141. The number of aryl methyl sites for hydroxylation is 1. The first kappa shape index (κ1) is 11.7. The van der Waals surface area contributed by atoms with Crippen molar-refractivity contribution in [3.05, 3.63) is 24.0 Å². The zero-order chi connectivity index (χ0) is 11.5. The summed E-state index contributed by atoms with van der Waals surface area (Å²) in [6, 6.07) is 3.68. The molecule has 82 valence electrons. The molecule has 0 unspecified atom stereocenters. The molecule has 0 bridgehead atoms. The number of hydrogen-bond acceptors (Lipinski definition) is 2. The van der Waals surface area contributed by atoms with Crippen LogP contribution in [0.3, 0.4) is 0 Å². The fraction of sp³-hybridized carbons (Fsp3) is 0.500. The van der Waals surface area contributed by atoms with Gasteiger partial charge in [0.25, 0.3) is 0 Å². The number of rotatable bonds is 2. The summed E-state index contributed by atoms with van der Waals surface area (Å²) in [7, 11) is 0. The van der Waals surface area contributed by atoms with E-state index in [-0.39, 0.29) is 11.3 Å². The van der Waals surface area contributed by atoms with Crippen LogP contribution >= 0.6 is 0 Å². The number of carbonyl (C=O) groups is 1. The van der Waals surface area contributed by atoms with Crippen molar-refractivity contribution in [2.24, 2.45) is 5.41 Å². The molecule has 1 aromatic heterocycles. The number of carbonyl (C=O) groups excluding carboxylic acids is 1. The van der Waals surface area contributed by atoms with Gasteiger partial charge in [-0.1, -0.05) is 20.8 Å². The molecule has 0 radical (unpaired) electrons. The van der Waals surface area contributed by atoms with Crippen LogP contribution in [0.5, 0.6) is 0 Å². The lowest BCUT2D eigenvalue weighted by Gasteiger charge is -2.17. The fourth-order valence-electron chi connectivity index (χ4n) is 1.29. The molecule has 0 fully saturated rings. The first-order valence-corrected chi connectivity index (χ1v) is 5.10. The highest BCUT2D eigenvalue weighted by molar-refractivity contribution is 5.91. The number of nitrogens with zero attached hydrogens (tertiary/aromatic N) is 1. The molecular formula is C12H18N2O. The first-order chi connectivity index (χ1) is 6.88. The molecule has 3 heteroatoms. The van der Waals surface area contributed by atoms with Crippen LogP contribution in [-0.4, -0.2) is 10.9 Å². The van der Waals surface area contributed by atoms with E-state index < -0.39 is 0 Å². The lowest BCUT2D eigenvalue weighted by Crippen LogP contribution is -2.20. The van der Waals surface area contributed by atoms with Crippen LogP contribution < -0.4 is 5.32 Å². The highest BCUT2D eigenvalue weighted by Crippen LogP contribution is 2.20. The normalized spacial score (nSPS) is 11.2. The van der Waals surface area contributed by atoms with E-state index in [0.717, 1.165) is 11.4 Å². The third-order valence-corrected chi connectivity index (χ3v) is 1.97. The second-order valence-electron chi connectivity index (χ2n) is 4.92. The Bertz CT molecular complexity index is 353. The molecule has 0 saturated carbocycles. The van der Waals surface area contributed by atoms with Crippen molar-refractivity contribution >= 4 is 11.6 Å². The highest BCUT2D eigenvalue weighted by atomic mass is 16.1. The molecule has 0 aliphatic carbocycles. The van der Waals surface area contributed by atoms with Gasteiger partial charge in [-0.05, 0) is 24.5 Å². The lowest BCUT2D eigenvalue weighted by atomic mass is 9.92. The van der Waals surface area contributed by atoms with Gasteiger partial charge in [0.1, 0.15) is 0 Å². The molecule has 0 atom stereocenters. The third-order valence-electron chi connectivity index (χ3n) is 1.97. The molecule has 0 saturated heterocycles. The van der Waals surface area contributed by atoms with Crippen molar-refractivity contribution in [3.63, 3.8) is 0 Å². The molecule has 0 spiro atoms. The number of hydrogen-bond donors (Lipinski definition) is 1. The predicted octanol–water partition coefficient (Wildman–Crippen LogP) is 2.76. The number of amides is 1. The molecule has 3 nitrogen and oxygen atoms in total. The van der Waals surface area contributed by atoms with E-state index in [4.69, 9.17) is 0 Å². The van der Waals surface area contributed by atoms with Crippen LogP contribution in [0, 0.1) is 12.3 Å². The molecule has 1 N–H and O–H groups in total. The minimum absolute atomic E-state index is 0.0141. The average molecular weight is 206 g/mol. The number of nitrogens with one attached hydrogen (secondary N) is 1. The van der Waals surface area contributed by atoms with Gasteiger partial charge in [-0.15, -0.1) is 0 Å². The third kappa shape index (κ3) is 4.11. The van der Waals surface area contributed by atoms with Gasteiger partial charge in [0.15, 0.2) is 0 Å². The molecule has 15 heavy (non-hydrogen) atoms. The largest absolute Gasteiger partial charge is 0.324 e. The van der Waals surface area contributed by atoms with E-state index >= 15 is 0 Å². The van der Waals surface area contributed by atoms with Gasteiger partial charge in [-0.2, -0.15) is 0 Å². The molecule has 0 aromatic carbocycles. The Morgan fingerprint density at radius 3 is 2.67 bits per heavy atom. The second kappa shape index (κ2) is 4.43. The van der Waals surface area contributed by atoms with Crippen LogP contribution in [0.4, 0.5) is 5.69 Å². The molecular weight excluding hydrogens is 188 g/mol. The highest BCUT2D eigenvalue weighted by Gasteiger charge is 2.16. The number of anilines is 1. The van der Waals surface area contributed by atoms with Crippen molar-refractivity contribution < 1.29 is 4.79 Å². The zero-order valence-corrected chi connectivity index (χ0v) is 9.79. The number of aromatic nitrogens is 1. The second-order valence-corrected chi connectivity index (χ2v) is 4.92. The Balaban J connectivity index is 2.64. The van der Waals surface area contributed by atoms with Gasteiger partial charge in [-0.25, -0.2) is 0 Å².